The summed E-state index contributed by atoms with van der Waals surface area (Å²) >= 11 is 0. The number of hydrogen-bond acceptors (Lipinski definition) is 3. The molecule has 0 unspecified atom stereocenters. The normalized spacial score (nSPS) is 11.0. The second kappa shape index (κ2) is 6.04. The highest BCUT2D eigenvalue weighted by atomic mass is 19.1. The second-order valence-corrected chi connectivity index (χ2v) is 5.33. The number of nitrogens with one attached hydrogen (secondary N) is 1. The zero-order chi connectivity index (χ0) is 16.4. The van der Waals surface area contributed by atoms with Crippen LogP contribution in [0.2, 0.25) is 0 Å². The van der Waals surface area contributed by atoms with Crippen LogP contribution in [-0.2, 0) is 0 Å². The molecule has 0 fully saturated rings. The van der Waals surface area contributed by atoms with Gasteiger partial charge in [0.25, 0.3) is 5.91 Å². The van der Waals surface area contributed by atoms with Gasteiger partial charge in [-0.15, -0.1) is 0 Å². The Hall–Kier alpha value is -2.96. The highest BCUT2D eigenvalue weighted by Gasteiger charge is 2.14. The molecule has 1 amide bonds. The number of benzene rings is 1. The zero-order valence-corrected chi connectivity index (χ0v) is 12.8. The molecule has 1 N–H and O–H groups in total. The summed E-state index contributed by atoms with van der Waals surface area (Å²) in [5.74, 6) is -0.126. The largest absolute Gasteiger partial charge is 0.307 e. The first kappa shape index (κ1) is 15.0. The topological polar surface area (TPSA) is 64.7 Å². The minimum Gasteiger partial charge on any atom is -0.307 e. The maximum Gasteiger partial charge on any atom is 0.260 e. The van der Waals surface area contributed by atoms with Crippen molar-refractivity contribution >= 4 is 11.7 Å². The lowest BCUT2D eigenvalue weighted by Gasteiger charge is -2.11. The van der Waals surface area contributed by atoms with Crippen molar-refractivity contribution < 1.29 is 9.18 Å². The summed E-state index contributed by atoms with van der Waals surface area (Å²) in [6, 6.07) is 8.10. The predicted octanol–water partition coefficient (Wildman–Crippen LogP) is 3.04. The molecule has 0 atom stereocenters. The SMILES string of the molecule is CC(C)n1nccc1NC(=O)c1cnn(-c2ccccc2F)c1. The number of amides is 1. The Morgan fingerprint density at radius 2 is 2.00 bits per heavy atom. The number of rotatable bonds is 4. The van der Waals surface area contributed by atoms with Gasteiger partial charge in [-0.1, -0.05) is 12.1 Å². The quantitative estimate of drug-likeness (QED) is 0.805. The lowest BCUT2D eigenvalue weighted by Crippen LogP contribution is -2.16. The summed E-state index contributed by atoms with van der Waals surface area (Å²) in [6.07, 6.45) is 4.51. The van der Waals surface area contributed by atoms with Crippen LogP contribution in [0.1, 0.15) is 30.2 Å². The summed E-state index contributed by atoms with van der Waals surface area (Å²) in [5, 5.41) is 11.0. The fraction of sp³-hybridized carbons (Fsp3) is 0.188. The van der Waals surface area contributed by atoms with E-state index in [2.05, 4.69) is 15.5 Å². The van der Waals surface area contributed by atoms with Gasteiger partial charge >= 0.3 is 0 Å². The monoisotopic (exact) mass is 313 g/mol. The zero-order valence-electron chi connectivity index (χ0n) is 12.8. The van der Waals surface area contributed by atoms with Crippen molar-refractivity contribution in [3.8, 4) is 5.69 Å². The van der Waals surface area contributed by atoms with E-state index in [0.29, 0.717) is 17.1 Å². The van der Waals surface area contributed by atoms with Crippen molar-refractivity contribution in [2.75, 3.05) is 5.32 Å². The molecule has 0 bridgehead atoms. The van der Waals surface area contributed by atoms with Gasteiger partial charge in [-0.2, -0.15) is 10.2 Å². The third-order valence-electron chi connectivity index (χ3n) is 3.35. The number of hydrogen-bond donors (Lipinski definition) is 1. The van der Waals surface area contributed by atoms with E-state index < -0.39 is 5.82 Å². The molecule has 2 heterocycles. The van der Waals surface area contributed by atoms with Crippen molar-refractivity contribution in [1.82, 2.24) is 19.6 Å². The van der Waals surface area contributed by atoms with Gasteiger partial charge < -0.3 is 5.32 Å². The molecule has 0 aliphatic heterocycles. The number of para-hydroxylation sites is 1. The second-order valence-electron chi connectivity index (χ2n) is 5.33. The molecule has 6 nitrogen and oxygen atoms in total. The Labute approximate surface area is 132 Å². The molecule has 0 radical (unpaired) electrons. The summed E-state index contributed by atoms with van der Waals surface area (Å²) in [5.41, 5.74) is 0.628. The van der Waals surface area contributed by atoms with Crippen LogP contribution >= 0.6 is 0 Å². The fourth-order valence-electron chi connectivity index (χ4n) is 2.22. The standard InChI is InChI=1S/C16H16FN5O/c1-11(2)22-15(7-8-18-22)20-16(23)12-9-19-21(10-12)14-6-4-3-5-13(14)17/h3-11H,1-2H3,(H,20,23). The molecule has 0 spiro atoms. The third kappa shape index (κ3) is 2.98. The summed E-state index contributed by atoms with van der Waals surface area (Å²) in [6.45, 7) is 3.94. The van der Waals surface area contributed by atoms with E-state index in [1.807, 2.05) is 13.8 Å². The Morgan fingerprint density at radius 3 is 2.74 bits per heavy atom. The van der Waals surface area contributed by atoms with Crippen LogP contribution in [0.3, 0.4) is 0 Å². The molecular weight excluding hydrogens is 297 g/mol. The van der Waals surface area contributed by atoms with Crippen LogP contribution in [0, 0.1) is 5.82 Å². The van der Waals surface area contributed by atoms with Gasteiger partial charge in [0, 0.05) is 18.3 Å². The molecule has 118 valence electrons. The van der Waals surface area contributed by atoms with Gasteiger partial charge in [-0.25, -0.2) is 13.8 Å². The van der Waals surface area contributed by atoms with Crippen LogP contribution in [0.15, 0.2) is 48.9 Å². The van der Waals surface area contributed by atoms with Gasteiger partial charge in [0.1, 0.15) is 17.3 Å². The molecule has 0 saturated carbocycles. The van der Waals surface area contributed by atoms with E-state index in [4.69, 9.17) is 0 Å². The lowest BCUT2D eigenvalue weighted by atomic mass is 10.3. The molecular formula is C16H16FN5O. The van der Waals surface area contributed by atoms with Crippen molar-refractivity contribution in [2.45, 2.75) is 19.9 Å². The van der Waals surface area contributed by atoms with E-state index in [1.54, 1.807) is 35.1 Å². The number of carbonyl (C=O) groups excluding carboxylic acids is 1. The predicted molar refractivity (Wildman–Crippen MR) is 84.1 cm³/mol. The smallest absolute Gasteiger partial charge is 0.260 e. The molecule has 0 aliphatic rings. The number of aromatic nitrogens is 4. The molecule has 0 aliphatic carbocycles. The van der Waals surface area contributed by atoms with Crippen LogP contribution in [0.5, 0.6) is 0 Å². The minimum absolute atomic E-state index is 0.126. The first-order valence-electron chi connectivity index (χ1n) is 7.20. The minimum atomic E-state index is -0.402. The van der Waals surface area contributed by atoms with Gasteiger partial charge in [-0.05, 0) is 26.0 Å². The summed E-state index contributed by atoms with van der Waals surface area (Å²) in [4.78, 5) is 12.3. The van der Waals surface area contributed by atoms with Crippen molar-refractivity contribution in [2.24, 2.45) is 0 Å². The Morgan fingerprint density at radius 1 is 1.22 bits per heavy atom. The van der Waals surface area contributed by atoms with Crippen LogP contribution < -0.4 is 5.32 Å². The Kier molecular flexibility index (Phi) is 3.92. The maximum absolute atomic E-state index is 13.8. The number of carbonyl (C=O) groups is 1. The average molecular weight is 313 g/mol. The molecule has 1 aromatic carbocycles. The van der Waals surface area contributed by atoms with Gasteiger partial charge in [-0.3, -0.25) is 4.79 Å². The van der Waals surface area contributed by atoms with Crippen molar-refractivity contribution in [3.05, 3.63) is 60.3 Å². The first-order valence-corrected chi connectivity index (χ1v) is 7.20. The van der Waals surface area contributed by atoms with Crippen LogP contribution in [0.25, 0.3) is 5.69 Å². The van der Waals surface area contributed by atoms with Crippen LogP contribution in [-0.4, -0.2) is 25.5 Å². The van der Waals surface area contributed by atoms with E-state index in [1.165, 1.54) is 23.1 Å². The van der Waals surface area contributed by atoms with Crippen molar-refractivity contribution in [3.63, 3.8) is 0 Å². The molecule has 3 rings (SSSR count). The fourth-order valence-corrected chi connectivity index (χ4v) is 2.22. The van der Waals surface area contributed by atoms with Crippen molar-refractivity contribution in [1.29, 1.82) is 0 Å². The molecule has 7 heteroatoms. The highest BCUT2D eigenvalue weighted by molar-refractivity contribution is 6.03. The highest BCUT2D eigenvalue weighted by Crippen LogP contribution is 2.16. The van der Waals surface area contributed by atoms with Crippen LogP contribution in [0.4, 0.5) is 10.2 Å². The lowest BCUT2D eigenvalue weighted by molar-refractivity contribution is 0.102. The van der Waals surface area contributed by atoms with E-state index in [0.717, 1.165) is 0 Å². The Balaban J connectivity index is 1.82. The van der Waals surface area contributed by atoms with E-state index >= 15 is 0 Å². The molecule has 0 saturated heterocycles. The average Bonchev–Trinajstić information content (AvgIpc) is 3.16. The Bertz CT molecular complexity index is 836. The van der Waals surface area contributed by atoms with E-state index in [9.17, 15) is 9.18 Å². The number of anilines is 1. The molecule has 3 aromatic rings. The van der Waals surface area contributed by atoms with Gasteiger partial charge in [0.15, 0.2) is 0 Å². The summed E-state index contributed by atoms with van der Waals surface area (Å²) in [7, 11) is 0. The third-order valence-corrected chi connectivity index (χ3v) is 3.35. The van der Waals surface area contributed by atoms with Gasteiger partial charge in [0.2, 0.25) is 0 Å². The van der Waals surface area contributed by atoms with Gasteiger partial charge in [0.05, 0.1) is 18.0 Å². The van der Waals surface area contributed by atoms with E-state index in [-0.39, 0.29) is 11.9 Å². The number of nitrogens with zero attached hydrogens (tertiary/aromatic N) is 4. The first-order chi connectivity index (χ1) is 11.1. The number of halogens is 1. The maximum atomic E-state index is 13.8. The summed E-state index contributed by atoms with van der Waals surface area (Å²) < 4.78 is 16.8. The molecule has 23 heavy (non-hydrogen) atoms. The molecule has 2 aromatic heterocycles.